The van der Waals surface area contributed by atoms with E-state index in [0.717, 1.165) is 25.1 Å². The zero-order valence-corrected chi connectivity index (χ0v) is 20.5. The Bertz CT molecular complexity index is 873. The summed E-state index contributed by atoms with van der Waals surface area (Å²) in [5, 5.41) is 2.99. The third kappa shape index (κ3) is 5.31. The molecule has 8 heteroatoms. The van der Waals surface area contributed by atoms with Crippen LogP contribution in [0.15, 0.2) is 18.2 Å². The maximum atomic E-state index is 13.8. The fourth-order valence-corrected chi connectivity index (χ4v) is 4.86. The fraction of sp³-hybridized carbons (Fsp3) is 0.680. The van der Waals surface area contributed by atoms with Crippen LogP contribution < -0.4 is 10.1 Å². The fourth-order valence-electron chi connectivity index (χ4n) is 4.86. The molecule has 2 heterocycles. The van der Waals surface area contributed by atoms with Crippen molar-refractivity contribution in [3.05, 3.63) is 29.8 Å². The standard InChI is InChI=1S/C25H37F2N3O3/c1-7-15(3)23(31)28-22(25(4,5)6)24(32)30-12-11-19-21(30)20(14-29(19)8-2)33-16-9-10-17(26)18(27)13-16/h9-10,13,15,19-22H,7-8,11-12,14H2,1-6H3,(H,28,31)/t15-,19-,20+,21+,22-/m1/s1. The molecular formula is C25H37F2N3O3. The molecule has 0 aliphatic carbocycles. The highest BCUT2D eigenvalue weighted by atomic mass is 19.2. The van der Waals surface area contributed by atoms with Gasteiger partial charge >= 0.3 is 0 Å². The number of hydrogen-bond acceptors (Lipinski definition) is 4. The maximum absolute atomic E-state index is 13.8. The average molecular weight is 466 g/mol. The van der Waals surface area contributed by atoms with Crippen molar-refractivity contribution in [1.82, 2.24) is 15.1 Å². The largest absolute Gasteiger partial charge is 0.487 e. The van der Waals surface area contributed by atoms with Crippen molar-refractivity contribution in [3.8, 4) is 5.75 Å². The Morgan fingerprint density at radius 3 is 2.48 bits per heavy atom. The van der Waals surface area contributed by atoms with Crippen LogP contribution in [0.3, 0.4) is 0 Å². The summed E-state index contributed by atoms with van der Waals surface area (Å²) in [5.41, 5.74) is -0.474. The molecule has 0 unspecified atom stereocenters. The van der Waals surface area contributed by atoms with E-state index in [2.05, 4.69) is 17.1 Å². The lowest BCUT2D eigenvalue weighted by molar-refractivity contribution is -0.142. The zero-order chi connectivity index (χ0) is 24.5. The van der Waals surface area contributed by atoms with E-state index < -0.39 is 23.1 Å². The molecular weight excluding hydrogens is 428 g/mol. The number of carbonyl (C=O) groups is 2. The minimum atomic E-state index is -0.964. The van der Waals surface area contributed by atoms with Gasteiger partial charge in [-0.05, 0) is 36.9 Å². The number of rotatable bonds is 7. The van der Waals surface area contributed by atoms with Crippen molar-refractivity contribution in [2.45, 2.75) is 78.6 Å². The number of carbonyl (C=O) groups excluding carboxylic acids is 2. The molecule has 0 aromatic heterocycles. The quantitative estimate of drug-likeness (QED) is 0.669. The van der Waals surface area contributed by atoms with E-state index in [1.54, 1.807) is 0 Å². The number of halogens is 2. The van der Waals surface area contributed by atoms with Gasteiger partial charge in [0.1, 0.15) is 17.9 Å². The summed E-state index contributed by atoms with van der Waals surface area (Å²) in [4.78, 5) is 30.6. The van der Waals surface area contributed by atoms with Crippen LogP contribution in [0.5, 0.6) is 5.75 Å². The van der Waals surface area contributed by atoms with Crippen LogP contribution in [0.4, 0.5) is 8.78 Å². The molecule has 33 heavy (non-hydrogen) atoms. The summed E-state index contributed by atoms with van der Waals surface area (Å²) in [6.07, 6.45) is 1.12. The number of likely N-dealkylation sites (N-methyl/N-ethyl adjacent to an activating group) is 1. The second kappa shape index (κ2) is 9.95. The molecule has 1 N–H and O–H groups in total. The molecule has 6 nitrogen and oxygen atoms in total. The number of nitrogens with one attached hydrogen (secondary N) is 1. The van der Waals surface area contributed by atoms with Gasteiger partial charge in [-0.15, -0.1) is 0 Å². The van der Waals surface area contributed by atoms with Crippen LogP contribution in [-0.4, -0.2) is 65.5 Å². The molecule has 5 atom stereocenters. The van der Waals surface area contributed by atoms with Crippen LogP contribution in [0.1, 0.15) is 54.4 Å². The molecule has 0 spiro atoms. The number of likely N-dealkylation sites (tertiary alicyclic amines) is 2. The van der Waals surface area contributed by atoms with Gasteiger partial charge in [0.2, 0.25) is 11.8 Å². The molecule has 1 aromatic carbocycles. The van der Waals surface area contributed by atoms with Gasteiger partial charge in [-0.25, -0.2) is 8.78 Å². The van der Waals surface area contributed by atoms with Gasteiger partial charge in [0, 0.05) is 31.1 Å². The summed E-state index contributed by atoms with van der Waals surface area (Å²) in [7, 11) is 0. The maximum Gasteiger partial charge on any atom is 0.246 e. The molecule has 2 saturated heterocycles. The van der Waals surface area contributed by atoms with Crippen molar-refractivity contribution in [3.63, 3.8) is 0 Å². The molecule has 0 radical (unpaired) electrons. The average Bonchev–Trinajstić information content (AvgIpc) is 3.33. The predicted octanol–water partition coefficient (Wildman–Crippen LogP) is 3.59. The number of nitrogens with zero attached hydrogens (tertiary/aromatic N) is 2. The van der Waals surface area contributed by atoms with Crippen molar-refractivity contribution in [1.29, 1.82) is 0 Å². The Balaban J connectivity index is 1.85. The van der Waals surface area contributed by atoms with Crippen molar-refractivity contribution in [2.75, 3.05) is 19.6 Å². The summed E-state index contributed by atoms with van der Waals surface area (Å²) in [6, 6.07) is 2.73. The van der Waals surface area contributed by atoms with Crippen LogP contribution in [0.25, 0.3) is 0 Å². The van der Waals surface area contributed by atoms with E-state index in [4.69, 9.17) is 4.74 Å². The van der Waals surface area contributed by atoms with E-state index in [-0.39, 0.29) is 41.7 Å². The first-order valence-electron chi connectivity index (χ1n) is 11.9. The van der Waals surface area contributed by atoms with Crippen molar-refractivity contribution in [2.24, 2.45) is 11.3 Å². The van der Waals surface area contributed by atoms with Gasteiger partial charge in [0.05, 0.1) is 6.04 Å². The first-order chi connectivity index (χ1) is 15.5. The van der Waals surface area contributed by atoms with E-state index in [0.29, 0.717) is 19.5 Å². The molecule has 2 fully saturated rings. The predicted molar refractivity (Wildman–Crippen MR) is 123 cm³/mol. The Labute approximate surface area is 195 Å². The highest BCUT2D eigenvalue weighted by Crippen LogP contribution is 2.36. The first kappa shape index (κ1) is 25.4. The Morgan fingerprint density at radius 1 is 1.21 bits per heavy atom. The topological polar surface area (TPSA) is 61.9 Å². The highest BCUT2D eigenvalue weighted by molar-refractivity contribution is 5.89. The molecule has 2 aliphatic rings. The lowest BCUT2D eigenvalue weighted by atomic mass is 9.85. The van der Waals surface area contributed by atoms with Gasteiger partial charge in [-0.2, -0.15) is 0 Å². The number of fused-ring (bicyclic) bond motifs is 1. The second-order valence-corrected chi connectivity index (χ2v) is 10.3. The smallest absolute Gasteiger partial charge is 0.246 e. The molecule has 2 amide bonds. The monoisotopic (exact) mass is 465 g/mol. The van der Waals surface area contributed by atoms with Gasteiger partial charge < -0.3 is 15.0 Å². The Hall–Kier alpha value is -2.22. The van der Waals surface area contributed by atoms with Crippen LogP contribution in [-0.2, 0) is 9.59 Å². The normalized spacial score (nSPS) is 25.0. The molecule has 2 aliphatic heterocycles. The van der Waals surface area contributed by atoms with Crippen LogP contribution >= 0.6 is 0 Å². The van der Waals surface area contributed by atoms with Crippen LogP contribution in [0, 0.1) is 23.0 Å². The van der Waals surface area contributed by atoms with E-state index in [1.165, 1.54) is 6.07 Å². The van der Waals surface area contributed by atoms with Crippen molar-refractivity contribution >= 4 is 11.8 Å². The lowest BCUT2D eigenvalue weighted by Gasteiger charge is -2.37. The van der Waals surface area contributed by atoms with Gasteiger partial charge in [0.25, 0.3) is 0 Å². The Kier molecular flexibility index (Phi) is 7.66. The van der Waals surface area contributed by atoms with Gasteiger partial charge in [-0.1, -0.05) is 41.5 Å². The van der Waals surface area contributed by atoms with E-state index >= 15 is 0 Å². The Morgan fingerprint density at radius 2 is 1.91 bits per heavy atom. The number of ether oxygens (including phenoxy) is 1. The summed E-state index contributed by atoms with van der Waals surface area (Å²) in [5.74, 6) is -2.08. The number of benzene rings is 1. The first-order valence-corrected chi connectivity index (χ1v) is 11.9. The third-order valence-corrected chi connectivity index (χ3v) is 7.01. The minimum Gasteiger partial charge on any atom is -0.487 e. The SMILES string of the molecule is CC[C@@H](C)C(=O)N[C@H](C(=O)N1CC[C@@H]2[C@H]1[C@@H](Oc1ccc(F)c(F)c1)CN2CC)C(C)(C)C. The molecule has 0 bridgehead atoms. The second-order valence-electron chi connectivity index (χ2n) is 10.3. The van der Waals surface area contributed by atoms with Gasteiger partial charge in [0.15, 0.2) is 11.6 Å². The number of amides is 2. The van der Waals surface area contributed by atoms with E-state index in [9.17, 15) is 18.4 Å². The number of hydrogen-bond donors (Lipinski definition) is 1. The highest BCUT2D eigenvalue weighted by Gasteiger charge is 2.52. The molecule has 0 saturated carbocycles. The molecule has 3 rings (SSSR count). The van der Waals surface area contributed by atoms with E-state index in [1.807, 2.05) is 39.5 Å². The summed E-state index contributed by atoms with van der Waals surface area (Å²) >= 11 is 0. The zero-order valence-electron chi connectivity index (χ0n) is 20.5. The van der Waals surface area contributed by atoms with Gasteiger partial charge in [-0.3, -0.25) is 14.5 Å². The lowest BCUT2D eigenvalue weighted by Crippen LogP contribution is -2.58. The molecule has 184 valence electrons. The van der Waals surface area contributed by atoms with Crippen molar-refractivity contribution < 1.29 is 23.1 Å². The van der Waals surface area contributed by atoms with Crippen LogP contribution in [0.2, 0.25) is 0 Å². The third-order valence-electron chi connectivity index (χ3n) is 7.01. The molecule has 1 aromatic rings. The summed E-state index contributed by atoms with van der Waals surface area (Å²) in [6.45, 7) is 13.7. The minimum absolute atomic E-state index is 0.122. The summed E-state index contributed by atoms with van der Waals surface area (Å²) < 4.78 is 33.2.